The normalized spacial score (nSPS) is 10.9. The SMILES string of the molecule is O=C(O)c1nnn(CCF)c1C(F)F. The topological polar surface area (TPSA) is 68.0 Å². The fourth-order valence-electron chi connectivity index (χ4n) is 0.934. The van der Waals surface area contributed by atoms with Gasteiger partial charge in [0.15, 0.2) is 5.69 Å². The Labute approximate surface area is 76.1 Å². The molecule has 1 rings (SSSR count). The summed E-state index contributed by atoms with van der Waals surface area (Å²) >= 11 is 0. The van der Waals surface area contributed by atoms with E-state index < -0.39 is 37.0 Å². The van der Waals surface area contributed by atoms with Crippen LogP contribution in [0.3, 0.4) is 0 Å². The van der Waals surface area contributed by atoms with Gasteiger partial charge in [-0.3, -0.25) is 0 Å². The molecule has 0 saturated carbocycles. The van der Waals surface area contributed by atoms with Gasteiger partial charge in [0.25, 0.3) is 6.43 Å². The molecule has 0 amide bonds. The zero-order valence-electron chi connectivity index (χ0n) is 6.82. The summed E-state index contributed by atoms with van der Waals surface area (Å²) in [5.74, 6) is -1.61. The fraction of sp³-hybridized carbons (Fsp3) is 0.500. The molecule has 0 aliphatic carbocycles. The van der Waals surface area contributed by atoms with Crippen molar-refractivity contribution in [3.63, 3.8) is 0 Å². The third-order valence-electron chi connectivity index (χ3n) is 1.48. The predicted octanol–water partition coefficient (Wildman–Crippen LogP) is 0.883. The van der Waals surface area contributed by atoms with Gasteiger partial charge in [0.05, 0.1) is 6.54 Å². The smallest absolute Gasteiger partial charge is 0.358 e. The number of aromatic nitrogens is 3. The number of carboxylic acid groups (broad SMARTS) is 1. The van der Waals surface area contributed by atoms with E-state index in [9.17, 15) is 18.0 Å². The fourth-order valence-corrected chi connectivity index (χ4v) is 0.934. The number of carbonyl (C=O) groups is 1. The van der Waals surface area contributed by atoms with Crippen molar-refractivity contribution in [3.8, 4) is 0 Å². The maximum atomic E-state index is 12.3. The lowest BCUT2D eigenvalue weighted by Crippen LogP contribution is -2.09. The van der Waals surface area contributed by atoms with Crippen LogP contribution < -0.4 is 0 Å². The molecule has 1 aromatic heterocycles. The average molecular weight is 209 g/mol. The number of aromatic carboxylic acids is 1. The first kappa shape index (κ1) is 10.5. The van der Waals surface area contributed by atoms with Gasteiger partial charge in [-0.2, -0.15) is 0 Å². The molecule has 0 atom stereocenters. The molecule has 0 fully saturated rings. The second kappa shape index (κ2) is 4.07. The van der Waals surface area contributed by atoms with E-state index in [1.54, 1.807) is 0 Å². The van der Waals surface area contributed by atoms with Gasteiger partial charge in [-0.1, -0.05) is 5.21 Å². The Hall–Kier alpha value is -1.60. The summed E-state index contributed by atoms with van der Waals surface area (Å²) in [7, 11) is 0. The van der Waals surface area contributed by atoms with Crippen LogP contribution in [-0.2, 0) is 6.54 Å². The molecule has 0 radical (unpaired) electrons. The Bertz CT molecular complexity index is 339. The van der Waals surface area contributed by atoms with Gasteiger partial charge in [-0.25, -0.2) is 22.6 Å². The van der Waals surface area contributed by atoms with Gasteiger partial charge in [-0.05, 0) is 0 Å². The minimum atomic E-state index is -3.04. The number of carboxylic acids is 1. The van der Waals surface area contributed by atoms with Gasteiger partial charge < -0.3 is 5.11 Å². The number of rotatable bonds is 4. The van der Waals surface area contributed by atoms with E-state index in [1.807, 2.05) is 0 Å². The first-order valence-electron chi connectivity index (χ1n) is 3.58. The van der Waals surface area contributed by atoms with Crippen LogP contribution in [0, 0.1) is 0 Å². The summed E-state index contributed by atoms with van der Waals surface area (Å²) in [5.41, 5.74) is -1.70. The predicted molar refractivity (Wildman–Crippen MR) is 37.9 cm³/mol. The number of alkyl halides is 3. The van der Waals surface area contributed by atoms with Crippen molar-refractivity contribution in [2.45, 2.75) is 13.0 Å². The van der Waals surface area contributed by atoms with E-state index in [1.165, 1.54) is 0 Å². The van der Waals surface area contributed by atoms with Crippen LogP contribution in [0.1, 0.15) is 22.6 Å². The van der Waals surface area contributed by atoms with Crippen LogP contribution in [0.5, 0.6) is 0 Å². The van der Waals surface area contributed by atoms with E-state index in [-0.39, 0.29) is 0 Å². The molecule has 1 heterocycles. The molecule has 1 N–H and O–H groups in total. The molecule has 8 heteroatoms. The lowest BCUT2D eigenvalue weighted by molar-refractivity contribution is 0.0675. The highest BCUT2D eigenvalue weighted by Crippen LogP contribution is 2.21. The quantitative estimate of drug-likeness (QED) is 0.799. The molecule has 0 spiro atoms. The third kappa shape index (κ3) is 1.83. The highest BCUT2D eigenvalue weighted by Gasteiger charge is 2.25. The molecule has 1 aromatic rings. The van der Waals surface area contributed by atoms with E-state index in [0.717, 1.165) is 0 Å². The van der Waals surface area contributed by atoms with E-state index >= 15 is 0 Å². The van der Waals surface area contributed by atoms with Crippen LogP contribution in [0.4, 0.5) is 13.2 Å². The average Bonchev–Trinajstić information content (AvgIpc) is 2.48. The van der Waals surface area contributed by atoms with Crippen molar-refractivity contribution in [2.24, 2.45) is 0 Å². The molecular formula is C6H6F3N3O2. The number of aryl methyl sites for hydroxylation is 1. The number of hydrogen-bond donors (Lipinski definition) is 1. The van der Waals surface area contributed by atoms with Gasteiger partial charge in [0, 0.05) is 0 Å². The molecule has 78 valence electrons. The Kier molecular flexibility index (Phi) is 3.05. The first-order valence-corrected chi connectivity index (χ1v) is 3.58. The highest BCUT2D eigenvalue weighted by atomic mass is 19.3. The van der Waals surface area contributed by atoms with Crippen molar-refractivity contribution in [1.29, 1.82) is 0 Å². The van der Waals surface area contributed by atoms with Crippen molar-refractivity contribution in [1.82, 2.24) is 15.0 Å². The summed E-state index contributed by atoms with van der Waals surface area (Å²) in [6, 6.07) is 0. The van der Waals surface area contributed by atoms with Gasteiger partial charge >= 0.3 is 5.97 Å². The van der Waals surface area contributed by atoms with E-state index in [0.29, 0.717) is 4.68 Å². The monoisotopic (exact) mass is 209 g/mol. The Morgan fingerprint density at radius 1 is 1.57 bits per heavy atom. The summed E-state index contributed by atoms with van der Waals surface area (Å²) in [6.45, 7) is -1.35. The molecule has 14 heavy (non-hydrogen) atoms. The molecule has 0 aromatic carbocycles. The lowest BCUT2D eigenvalue weighted by atomic mass is 10.3. The van der Waals surface area contributed by atoms with Crippen LogP contribution >= 0.6 is 0 Å². The molecule has 0 aliphatic rings. The number of nitrogens with zero attached hydrogens (tertiary/aromatic N) is 3. The molecule has 5 nitrogen and oxygen atoms in total. The van der Waals surface area contributed by atoms with Crippen molar-refractivity contribution < 1.29 is 23.1 Å². The lowest BCUT2D eigenvalue weighted by Gasteiger charge is -2.02. The second-order valence-corrected chi connectivity index (χ2v) is 2.34. The molecule has 0 unspecified atom stereocenters. The van der Waals surface area contributed by atoms with Crippen molar-refractivity contribution in [2.75, 3.05) is 6.67 Å². The summed E-state index contributed by atoms with van der Waals surface area (Å²) in [5, 5.41) is 14.6. The Morgan fingerprint density at radius 3 is 2.64 bits per heavy atom. The zero-order valence-corrected chi connectivity index (χ0v) is 6.82. The Balaban J connectivity index is 3.13. The van der Waals surface area contributed by atoms with Crippen LogP contribution in [-0.4, -0.2) is 32.7 Å². The molecule has 0 aliphatic heterocycles. The summed E-state index contributed by atoms with van der Waals surface area (Å²) in [6.07, 6.45) is -3.04. The maximum absolute atomic E-state index is 12.3. The molecule has 0 saturated heterocycles. The second-order valence-electron chi connectivity index (χ2n) is 2.34. The molecular weight excluding hydrogens is 203 g/mol. The standard InChI is InChI=1S/C6H6F3N3O2/c7-1-2-12-4(5(8)9)3(6(13)14)10-11-12/h5H,1-2H2,(H,13,14). The minimum absolute atomic E-state index is 0.431. The third-order valence-corrected chi connectivity index (χ3v) is 1.48. The minimum Gasteiger partial charge on any atom is -0.476 e. The largest absolute Gasteiger partial charge is 0.476 e. The first-order chi connectivity index (χ1) is 6.57. The highest BCUT2D eigenvalue weighted by molar-refractivity contribution is 5.86. The molecule has 0 bridgehead atoms. The summed E-state index contributed by atoms with van der Waals surface area (Å²) < 4.78 is 37.0. The number of hydrogen-bond acceptors (Lipinski definition) is 3. The zero-order chi connectivity index (χ0) is 10.7. The van der Waals surface area contributed by atoms with Gasteiger partial charge in [0.2, 0.25) is 0 Å². The summed E-state index contributed by atoms with van der Waals surface area (Å²) in [4.78, 5) is 10.4. The van der Waals surface area contributed by atoms with Crippen molar-refractivity contribution in [3.05, 3.63) is 11.4 Å². The van der Waals surface area contributed by atoms with Gasteiger partial charge in [0.1, 0.15) is 12.4 Å². The van der Waals surface area contributed by atoms with Crippen molar-refractivity contribution >= 4 is 5.97 Å². The van der Waals surface area contributed by atoms with Crippen LogP contribution in [0.25, 0.3) is 0 Å². The van der Waals surface area contributed by atoms with Crippen LogP contribution in [0.15, 0.2) is 0 Å². The Morgan fingerprint density at radius 2 is 2.21 bits per heavy atom. The van der Waals surface area contributed by atoms with Crippen LogP contribution in [0.2, 0.25) is 0 Å². The van der Waals surface area contributed by atoms with E-state index in [2.05, 4.69) is 10.3 Å². The van der Waals surface area contributed by atoms with E-state index in [4.69, 9.17) is 5.11 Å². The maximum Gasteiger partial charge on any atom is 0.358 e. The number of halogens is 3. The van der Waals surface area contributed by atoms with Gasteiger partial charge in [-0.15, -0.1) is 5.10 Å².